The summed E-state index contributed by atoms with van der Waals surface area (Å²) in [5.41, 5.74) is 2.19. The summed E-state index contributed by atoms with van der Waals surface area (Å²) in [6.07, 6.45) is 2.04. The molecule has 0 saturated carbocycles. The monoisotopic (exact) mass is 494 g/mol. The van der Waals surface area contributed by atoms with Gasteiger partial charge in [-0.05, 0) is 59.6 Å². The van der Waals surface area contributed by atoms with E-state index in [9.17, 15) is 18.0 Å². The molecule has 0 aromatic heterocycles. The van der Waals surface area contributed by atoms with Crippen molar-refractivity contribution in [3.63, 3.8) is 0 Å². The number of ether oxygens (including phenoxy) is 2. The minimum Gasteiger partial charge on any atom is -0.468 e. The molecule has 0 spiro atoms. The van der Waals surface area contributed by atoms with Gasteiger partial charge in [-0.2, -0.15) is 0 Å². The van der Waals surface area contributed by atoms with E-state index in [2.05, 4.69) is 19.9 Å². The number of sulfone groups is 1. The van der Waals surface area contributed by atoms with Crippen LogP contribution in [0.2, 0.25) is 0 Å². The van der Waals surface area contributed by atoms with E-state index in [1.54, 1.807) is 18.2 Å². The number of aryl methyl sites for hydroxylation is 1. The average Bonchev–Trinajstić information content (AvgIpc) is 2.94. The van der Waals surface area contributed by atoms with E-state index in [0.717, 1.165) is 16.7 Å². The molecule has 0 fully saturated rings. The van der Waals surface area contributed by atoms with Crippen molar-refractivity contribution in [1.29, 1.82) is 0 Å². The number of esters is 2. The van der Waals surface area contributed by atoms with Crippen molar-refractivity contribution in [3.8, 4) is 0 Å². The Hall–Kier alpha value is -3.19. The number of rotatable bonds is 4. The Morgan fingerprint density at radius 2 is 1.51 bits per heavy atom. The second kappa shape index (κ2) is 8.79. The van der Waals surface area contributed by atoms with Gasteiger partial charge in [-0.25, -0.2) is 8.42 Å². The zero-order valence-corrected chi connectivity index (χ0v) is 21.5. The summed E-state index contributed by atoms with van der Waals surface area (Å²) in [5.74, 6) is -1.61. The van der Waals surface area contributed by atoms with E-state index < -0.39 is 27.2 Å². The first-order valence-corrected chi connectivity index (χ1v) is 13.0. The standard InChI is InChI=1S/C28H30O6S/c1-18-11-12-23-19(13-18)14-20-15-28(25(29)33-4,26(30)34-5)17-24(22(20)16-27(23,2)3)35(31,32)21-9-7-6-8-10-21/h6-14H,15-17H2,1-5H3. The molecule has 0 heterocycles. The van der Waals surface area contributed by atoms with Gasteiger partial charge in [-0.1, -0.05) is 61.9 Å². The fraction of sp³-hybridized carbons (Fsp3) is 0.357. The molecule has 35 heavy (non-hydrogen) atoms. The van der Waals surface area contributed by atoms with Crippen LogP contribution in [0.5, 0.6) is 0 Å². The van der Waals surface area contributed by atoms with E-state index in [4.69, 9.17) is 9.47 Å². The molecule has 0 N–H and O–H groups in total. The van der Waals surface area contributed by atoms with Gasteiger partial charge >= 0.3 is 11.9 Å². The van der Waals surface area contributed by atoms with Crippen molar-refractivity contribution in [2.45, 2.75) is 50.3 Å². The summed E-state index contributed by atoms with van der Waals surface area (Å²) in [6, 6.07) is 14.3. The third kappa shape index (κ3) is 4.12. The van der Waals surface area contributed by atoms with Crippen LogP contribution in [0.4, 0.5) is 0 Å². The Labute approximate surface area is 206 Å². The minimum atomic E-state index is -4.03. The molecule has 0 radical (unpaired) electrons. The number of carbonyl (C=O) groups is 2. The number of allylic oxidation sites excluding steroid dienone is 3. The first kappa shape index (κ1) is 24.9. The van der Waals surface area contributed by atoms with Crippen molar-refractivity contribution in [2.75, 3.05) is 14.2 Å². The van der Waals surface area contributed by atoms with Gasteiger partial charge < -0.3 is 9.47 Å². The van der Waals surface area contributed by atoms with Gasteiger partial charge in [0.1, 0.15) is 0 Å². The van der Waals surface area contributed by atoms with Crippen LogP contribution in [0, 0.1) is 12.3 Å². The lowest BCUT2D eigenvalue weighted by atomic mass is 9.69. The number of fused-ring (bicyclic) bond motifs is 2. The predicted octanol–water partition coefficient (Wildman–Crippen LogP) is 4.91. The van der Waals surface area contributed by atoms with Gasteiger partial charge in [-0.3, -0.25) is 9.59 Å². The summed E-state index contributed by atoms with van der Waals surface area (Å²) in [5, 5.41) is 0. The molecular formula is C28H30O6S. The molecule has 0 unspecified atom stereocenters. The largest absolute Gasteiger partial charge is 0.468 e. The Kier molecular flexibility index (Phi) is 6.26. The second-order valence-electron chi connectivity index (χ2n) is 9.96. The van der Waals surface area contributed by atoms with Crippen LogP contribution in [-0.4, -0.2) is 34.6 Å². The highest BCUT2D eigenvalue weighted by atomic mass is 32.2. The third-order valence-corrected chi connectivity index (χ3v) is 9.03. The van der Waals surface area contributed by atoms with Gasteiger partial charge in [0, 0.05) is 6.42 Å². The van der Waals surface area contributed by atoms with Crippen LogP contribution in [0.25, 0.3) is 6.08 Å². The highest BCUT2D eigenvalue weighted by molar-refractivity contribution is 7.95. The Bertz CT molecular complexity index is 1350. The molecule has 2 aromatic carbocycles. The quantitative estimate of drug-likeness (QED) is 0.443. The van der Waals surface area contributed by atoms with Gasteiger partial charge in [0.15, 0.2) is 5.41 Å². The molecule has 0 atom stereocenters. The minimum absolute atomic E-state index is 0.00104. The van der Waals surface area contributed by atoms with Crippen LogP contribution < -0.4 is 0 Å². The Balaban J connectivity index is 2.07. The van der Waals surface area contributed by atoms with Crippen LogP contribution in [-0.2, 0) is 34.3 Å². The molecule has 2 aromatic rings. The molecule has 2 aliphatic carbocycles. The van der Waals surface area contributed by atoms with Gasteiger partial charge in [0.05, 0.1) is 24.0 Å². The lowest BCUT2D eigenvalue weighted by Crippen LogP contribution is -2.45. The highest BCUT2D eigenvalue weighted by Crippen LogP contribution is 2.52. The molecule has 0 aliphatic heterocycles. The number of hydrogen-bond acceptors (Lipinski definition) is 6. The molecular weight excluding hydrogens is 464 g/mol. The zero-order valence-electron chi connectivity index (χ0n) is 20.7. The fourth-order valence-corrected chi connectivity index (χ4v) is 7.07. The van der Waals surface area contributed by atoms with E-state index in [1.165, 1.54) is 26.4 Å². The summed E-state index contributed by atoms with van der Waals surface area (Å²) < 4.78 is 38.1. The molecule has 0 amide bonds. The third-order valence-electron chi connectivity index (χ3n) is 7.09. The van der Waals surface area contributed by atoms with Crippen molar-refractivity contribution < 1.29 is 27.5 Å². The molecule has 2 aliphatic rings. The molecule has 6 nitrogen and oxygen atoms in total. The molecule has 0 saturated heterocycles. The number of carbonyl (C=O) groups excluding carboxylic acids is 2. The van der Waals surface area contributed by atoms with Crippen LogP contribution in [0.15, 0.2) is 69.5 Å². The first-order valence-electron chi connectivity index (χ1n) is 11.5. The van der Waals surface area contributed by atoms with Crippen molar-refractivity contribution >= 4 is 27.9 Å². The first-order chi connectivity index (χ1) is 16.5. The maximum Gasteiger partial charge on any atom is 0.323 e. The molecule has 0 bridgehead atoms. The van der Waals surface area contributed by atoms with E-state index >= 15 is 0 Å². The Morgan fingerprint density at radius 3 is 2.11 bits per heavy atom. The van der Waals surface area contributed by atoms with Crippen LogP contribution in [0.1, 0.15) is 49.8 Å². The van der Waals surface area contributed by atoms with Crippen LogP contribution in [0.3, 0.4) is 0 Å². The number of benzene rings is 2. The van der Waals surface area contributed by atoms with Gasteiger partial charge in [0.2, 0.25) is 9.84 Å². The van der Waals surface area contributed by atoms with Crippen LogP contribution >= 0.6 is 0 Å². The topological polar surface area (TPSA) is 86.7 Å². The SMILES string of the molecule is COC(=O)C1(C(=O)OC)CC2=Cc3cc(C)ccc3C(C)(C)CC2=C(S(=O)(=O)c2ccccc2)C1. The van der Waals surface area contributed by atoms with E-state index in [1.807, 2.05) is 25.1 Å². The summed E-state index contributed by atoms with van der Waals surface area (Å²) >= 11 is 0. The van der Waals surface area contributed by atoms with Crippen molar-refractivity contribution in [3.05, 3.63) is 81.3 Å². The van der Waals surface area contributed by atoms with Gasteiger partial charge in [0.25, 0.3) is 0 Å². The van der Waals surface area contributed by atoms with Gasteiger partial charge in [-0.15, -0.1) is 0 Å². The maximum absolute atomic E-state index is 14.0. The lowest BCUT2D eigenvalue weighted by Gasteiger charge is -2.37. The predicted molar refractivity (Wildman–Crippen MR) is 133 cm³/mol. The summed E-state index contributed by atoms with van der Waals surface area (Å²) in [4.78, 5) is 26.4. The second-order valence-corrected chi connectivity index (χ2v) is 11.9. The highest BCUT2D eigenvalue weighted by Gasteiger charge is 2.55. The normalized spacial score (nSPS) is 18.5. The summed E-state index contributed by atoms with van der Waals surface area (Å²) in [7, 11) is -1.63. The fourth-order valence-electron chi connectivity index (χ4n) is 5.31. The molecule has 184 valence electrons. The van der Waals surface area contributed by atoms with Crippen molar-refractivity contribution in [2.24, 2.45) is 5.41 Å². The van der Waals surface area contributed by atoms with Crippen molar-refractivity contribution in [1.82, 2.24) is 0 Å². The Morgan fingerprint density at radius 1 is 0.886 bits per heavy atom. The molecule has 7 heteroatoms. The number of hydrogen-bond donors (Lipinski definition) is 0. The summed E-state index contributed by atoms with van der Waals surface area (Å²) in [6.45, 7) is 6.16. The molecule has 4 rings (SSSR count). The maximum atomic E-state index is 14.0. The number of methoxy groups -OCH3 is 2. The average molecular weight is 495 g/mol. The smallest absolute Gasteiger partial charge is 0.323 e. The van der Waals surface area contributed by atoms with E-state index in [-0.39, 0.29) is 28.1 Å². The van der Waals surface area contributed by atoms with E-state index in [0.29, 0.717) is 17.6 Å². The zero-order chi connectivity index (χ0) is 25.6. The lowest BCUT2D eigenvalue weighted by molar-refractivity contribution is -0.169.